The summed E-state index contributed by atoms with van der Waals surface area (Å²) in [7, 11) is 1.33. The molecule has 42 heavy (non-hydrogen) atoms. The zero-order valence-corrected chi connectivity index (χ0v) is 27.0. The molecule has 0 aliphatic heterocycles. The van der Waals surface area contributed by atoms with Crippen LogP contribution in [0.3, 0.4) is 0 Å². The van der Waals surface area contributed by atoms with Crippen molar-refractivity contribution in [2.45, 2.75) is 98.8 Å². The second-order valence-corrected chi connectivity index (χ2v) is 11.8. The molecule has 0 bridgehead atoms. The van der Waals surface area contributed by atoms with Crippen molar-refractivity contribution in [3.63, 3.8) is 0 Å². The molecule has 0 aliphatic carbocycles. The van der Waals surface area contributed by atoms with Gasteiger partial charge >= 0.3 is 11.9 Å². The van der Waals surface area contributed by atoms with Crippen LogP contribution in [0, 0.1) is 30.1 Å². The fraction of sp³-hybridized carbons (Fsp3) is 0.594. The third-order valence-corrected chi connectivity index (χ3v) is 7.95. The summed E-state index contributed by atoms with van der Waals surface area (Å²) in [5.41, 5.74) is 1.07. The Labute approximate surface area is 254 Å². The van der Waals surface area contributed by atoms with E-state index in [-0.39, 0.29) is 35.4 Å². The highest BCUT2D eigenvalue weighted by molar-refractivity contribution is 7.09. The Morgan fingerprint density at radius 3 is 2.36 bits per heavy atom. The number of rotatable bonds is 17. The van der Waals surface area contributed by atoms with Crippen LogP contribution in [0.5, 0.6) is 0 Å². The molecule has 0 saturated carbocycles. The highest BCUT2D eigenvalue weighted by atomic mass is 32.1. The Kier molecular flexibility index (Phi) is 16.4. The molecule has 1 rings (SSSR count). The van der Waals surface area contributed by atoms with Crippen molar-refractivity contribution >= 4 is 35.1 Å². The number of nitrogens with one attached hydrogen (secondary N) is 2. The van der Waals surface area contributed by atoms with E-state index in [4.69, 9.17) is 15.9 Å². The van der Waals surface area contributed by atoms with Crippen LogP contribution in [-0.4, -0.2) is 47.9 Å². The third-order valence-electron chi connectivity index (χ3n) is 7.01. The maximum Gasteiger partial charge on any atom is 0.308 e. The van der Waals surface area contributed by atoms with Crippen molar-refractivity contribution in [3.05, 3.63) is 39.9 Å². The third kappa shape index (κ3) is 13.0. The van der Waals surface area contributed by atoms with Crippen LogP contribution in [0.4, 0.5) is 0 Å². The summed E-state index contributed by atoms with van der Waals surface area (Å²) >= 11 is 1.21. The minimum atomic E-state index is -0.732. The predicted molar refractivity (Wildman–Crippen MR) is 165 cm³/mol. The molecule has 5 atom stereocenters. The largest absolute Gasteiger partial charge is 0.469 e. The first kappa shape index (κ1) is 36.6. The summed E-state index contributed by atoms with van der Waals surface area (Å²) < 4.78 is 10.5. The number of methoxy groups -OCH3 is 1. The molecular weight excluding hydrogens is 554 g/mol. The molecule has 0 saturated heterocycles. The van der Waals surface area contributed by atoms with Gasteiger partial charge in [0.05, 0.1) is 13.0 Å². The number of hydrogen-bond acceptors (Lipinski definition) is 8. The molecule has 0 aliphatic rings. The van der Waals surface area contributed by atoms with Crippen LogP contribution in [0.15, 0.2) is 29.2 Å². The number of allylic oxidation sites excluding steroid dienone is 3. The van der Waals surface area contributed by atoms with Gasteiger partial charge in [-0.25, -0.2) is 4.98 Å². The maximum absolute atomic E-state index is 13.3. The molecule has 0 spiro atoms. The van der Waals surface area contributed by atoms with E-state index < -0.39 is 29.9 Å². The molecule has 0 fully saturated rings. The Morgan fingerprint density at radius 1 is 1.12 bits per heavy atom. The van der Waals surface area contributed by atoms with Gasteiger partial charge in [-0.05, 0) is 43.3 Å². The van der Waals surface area contributed by atoms with E-state index >= 15 is 0 Å². The van der Waals surface area contributed by atoms with E-state index in [1.807, 2.05) is 40.7 Å². The van der Waals surface area contributed by atoms with E-state index in [0.717, 1.165) is 12.0 Å². The van der Waals surface area contributed by atoms with Crippen LogP contribution >= 0.6 is 11.3 Å². The highest BCUT2D eigenvalue weighted by Gasteiger charge is 2.29. The van der Waals surface area contributed by atoms with Crippen molar-refractivity contribution in [2.24, 2.45) is 17.8 Å². The number of aromatic nitrogens is 1. The number of terminal acetylenes is 1. The maximum atomic E-state index is 13.3. The van der Waals surface area contributed by atoms with Gasteiger partial charge in [-0.2, -0.15) is 0 Å². The number of amides is 2. The van der Waals surface area contributed by atoms with Crippen molar-refractivity contribution in [1.29, 1.82) is 0 Å². The Bertz CT molecular complexity index is 1150. The molecular formula is C32H47N3O6S. The number of carbonyl (C=O) groups is 4. The van der Waals surface area contributed by atoms with Crippen LogP contribution in [0.25, 0.3) is 0 Å². The summed E-state index contributed by atoms with van der Waals surface area (Å²) in [4.78, 5) is 54.5. The average Bonchev–Trinajstić information content (AvgIpc) is 3.43. The first-order valence-electron chi connectivity index (χ1n) is 14.4. The normalized spacial score (nSPS) is 15.3. The Balaban J connectivity index is 3.17. The van der Waals surface area contributed by atoms with Crippen LogP contribution < -0.4 is 10.6 Å². The minimum absolute atomic E-state index is 0.0476. The number of carbonyl (C=O) groups excluding carboxylic acids is 4. The lowest BCUT2D eigenvalue weighted by molar-refractivity contribution is -0.147. The fourth-order valence-electron chi connectivity index (χ4n) is 4.29. The first-order chi connectivity index (χ1) is 19.8. The lowest BCUT2D eigenvalue weighted by Crippen LogP contribution is -2.40. The van der Waals surface area contributed by atoms with Gasteiger partial charge < -0.3 is 20.1 Å². The number of thiazole rings is 1. The molecule has 1 unspecified atom stereocenters. The predicted octanol–water partition coefficient (Wildman–Crippen LogP) is 5.54. The Morgan fingerprint density at radius 2 is 1.81 bits per heavy atom. The van der Waals surface area contributed by atoms with Crippen molar-refractivity contribution < 1.29 is 28.7 Å². The lowest BCUT2D eigenvalue weighted by atomic mass is 9.95. The summed E-state index contributed by atoms with van der Waals surface area (Å²) in [5, 5.41) is 8.15. The molecule has 2 N–H and O–H groups in total. The standard InChI is InChI=1S/C32H47N3O6S/c1-10-13-14-24(12-3)17-25(16-22(7)32(39)40-9)33-30(38)27-19-42-31(35-27)28(41-23(8)36)18-26(20(4)5)34-29(37)15-21(6)11-2/h1,12-14,19-22,25-26,28H,11,15-18H2,2-9H3,(H,33,38)(H,34,37)/b14-13-,24-12+/t21-,22-,25+,26?,28+/m0/s1. The summed E-state index contributed by atoms with van der Waals surface area (Å²) in [6.07, 6.45) is 12.3. The quantitative estimate of drug-likeness (QED) is 0.137. The molecule has 2 amide bonds. The molecule has 1 aromatic heterocycles. The lowest BCUT2D eigenvalue weighted by Gasteiger charge is -2.26. The number of esters is 2. The van der Waals surface area contributed by atoms with Crippen molar-refractivity contribution in [1.82, 2.24) is 15.6 Å². The highest BCUT2D eigenvalue weighted by Crippen LogP contribution is 2.29. The van der Waals surface area contributed by atoms with Gasteiger partial charge in [0.2, 0.25) is 5.91 Å². The van der Waals surface area contributed by atoms with E-state index in [2.05, 4.69) is 21.5 Å². The van der Waals surface area contributed by atoms with E-state index in [9.17, 15) is 19.2 Å². The first-order valence-corrected chi connectivity index (χ1v) is 15.3. The van der Waals surface area contributed by atoms with Crippen molar-refractivity contribution in [3.8, 4) is 12.3 Å². The SMILES string of the molecule is C#C/C=C\C(=C/C)C[C@@H](C[C@H](C)C(=O)OC)NC(=O)c1csc([C@@H](CC(NC(=O)C[C@@H](C)CC)C(C)C)OC(C)=O)n1. The number of nitrogens with zero attached hydrogens (tertiary/aromatic N) is 1. The smallest absolute Gasteiger partial charge is 0.308 e. The van der Waals surface area contributed by atoms with Gasteiger partial charge in [-0.3, -0.25) is 19.2 Å². The van der Waals surface area contributed by atoms with E-state index in [0.29, 0.717) is 30.7 Å². The van der Waals surface area contributed by atoms with Gasteiger partial charge in [0, 0.05) is 37.2 Å². The molecule has 1 aromatic rings. The molecule has 0 aromatic carbocycles. The molecule has 1 heterocycles. The number of ether oxygens (including phenoxy) is 2. The van der Waals surface area contributed by atoms with Gasteiger partial charge in [0.15, 0.2) is 6.10 Å². The van der Waals surface area contributed by atoms with E-state index in [1.54, 1.807) is 24.5 Å². The molecule has 9 nitrogen and oxygen atoms in total. The molecule has 232 valence electrons. The van der Waals surface area contributed by atoms with Gasteiger partial charge in [-0.1, -0.05) is 59.1 Å². The fourth-order valence-corrected chi connectivity index (χ4v) is 5.13. The van der Waals surface area contributed by atoms with Crippen LogP contribution in [0.1, 0.15) is 102 Å². The topological polar surface area (TPSA) is 124 Å². The second kappa shape index (κ2) is 18.9. The summed E-state index contributed by atoms with van der Waals surface area (Å²) in [6, 6.07) is -0.660. The summed E-state index contributed by atoms with van der Waals surface area (Å²) in [5.74, 6) is 1.04. The van der Waals surface area contributed by atoms with Crippen molar-refractivity contribution in [2.75, 3.05) is 7.11 Å². The Hall–Kier alpha value is -3.45. The zero-order chi connectivity index (χ0) is 31.8. The average molecular weight is 602 g/mol. The summed E-state index contributed by atoms with van der Waals surface area (Å²) in [6.45, 7) is 13.0. The van der Waals surface area contributed by atoms with Gasteiger partial charge in [-0.15, -0.1) is 17.8 Å². The van der Waals surface area contributed by atoms with Gasteiger partial charge in [0.25, 0.3) is 5.91 Å². The van der Waals surface area contributed by atoms with Gasteiger partial charge in [0.1, 0.15) is 10.7 Å². The van der Waals surface area contributed by atoms with Crippen LogP contribution in [-0.2, 0) is 23.9 Å². The second-order valence-electron chi connectivity index (χ2n) is 10.9. The monoisotopic (exact) mass is 601 g/mol. The molecule has 10 heteroatoms. The number of hydrogen-bond donors (Lipinski definition) is 2. The minimum Gasteiger partial charge on any atom is -0.469 e. The van der Waals surface area contributed by atoms with Crippen LogP contribution in [0.2, 0.25) is 0 Å². The van der Waals surface area contributed by atoms with E-state index in [1.165, 1.54) is 25.4 Å². The zero-order valence-electron chi connectivity index (χ0n) is 26.2. The molecule has 0 radical (unpaired) electrons.